The lowest BCUT2D eigenvalue weighted by Gasteiger charge is -2.15. The summed E-state index contributed by atoms with van der Waals surface area (Å²) in [6.45, 7) is 5.40. The monoisotopic (exact) mass is 266 g/mol. The van der Waals surface area contributed by atoms with Gasteiger partial charge in [-0.1, -0.05) is 0 Å². The number of amides is 1. The molecule has 7 heteroatoms. The number of nitrogens with zero attached hydrogens (tertiary/aromatic N) is 2. The van der Waals surface area contributed by atoms with Gasteiger partial charge in [0.2, 0.25) is 0 Å². The van der Waals surface area contributed by atoms with Crippen molar-refractivity contribution in [2.45, 2.75) is 32.4 Å². The third-order valence-corrected chi connectivity index (χ3v) is 3.23. The molecule has 1 aliphatic heterocycles. The minimum absolute atomic E-state index is 0.00356. The second-order valence-corrected chi connectivity index (χ2v) is 5.00. The third-order valence-electron chi connectivity index (χ3n) is 3.23. The summed E-state index contributed by atoms with van der Waals surface area (Å²) in [6, 6.07) is 1.43. The summed E-state index contributed by atoms with van der Waals surface area (Å²) in [5, 5.41) is 16.9. The van der Waals surface area contributed by atoms with Gasteiger partial charge in [0, 0.05) is 24.7 Å². The van der Waals surface area contributed by atoms with Gasteiger partial charge in [0.15, 0.2) is 0 Å². The van der Waals surface area contributed by atoms with Crippen LogP contribution in [0.1, 0.15) is 36.8 Å². The molecule has 7 nitrogen and oxygen atoms in total. The first kappa shape index (κ1) is 13.5. The third kappa shape index (κ3) is 2.93. The highest BCUT2D eigenvalue weighted by Gasteiger charge is 2.23. The Balaban J connectivity index is 2.21. The first-order valence-electron chi connectivity index (χ1n) is 6.37. The average Bonchev–Trinajstić information content (AvgIpc) is 2.96. The number of aromatic nitrogens is 1. The quantitative estimate of drug-likeness (QED) is 0.630. The van der Waals surface area contributed by atoms with E-state index in [1.165, 1.54) is 12.3 Å². The Morgan fingerprint density at radius 3 is 2.89 bits per heavy atom. The molecule has 0 saturated carbocycles. The molecule has 0 aliphatic carbocycles. The van der Waals surface area contributed by atoms with Gasteiger partial charge in [-0.3, -0.25) is 14.9 Å². The van der Waals surface area contributed by atoms with Crippen LogP contribution in [0.3, 0.4) is 0 Å². The Morgan fingerprint density at radius 1 is 1.63 bits per heavy atom. The maximum atomic E-state index is 12.2. The molecule has 104 valence electrons. The van der Waals surface area contributed by atoms with Crippen molar-refractivity contribution in [2.75, 3.05) is 13.1 Å². The largest absolute Gasteiger partial charge is 0.347 e. The lowest BCUT2D eigenvalue weighted by Crippen LogP contribution is -2.37. The molecule has 1 atom stereocenters. The van der Waals surface area contributed by atoms with Crippen molar-refractivity contribution in [3.8, 4) is 0 Å². The Morgan fingerprint density at radius 2 is 2.37 bits per heavy atom. The number of nitrogens with one attached hydrogen (secondary N) is 2. The Kier molecular flexibility index (Phi) is 3.84. The van der Waals surface area contributed by atoms with Gasteiger partial charge in [-0.25, -0.2) is 0 Å². The predicted molar refractivity (Wildman–Crippen MR) is 70.2 cm³/mol. The van der Waals surface area contributed by atoms with Gasteiger partial charge in [0.1, 0.15) is 5.69 Å². The molecule has 1 fully saturated rings. The van der Waals surface area contributed by atoms with E-state index >= 15 is 0 Å². The van der Waals surface area contributed by atoms with Crippen LogP contribution in [0.25, 0.3) is 0 Å². The molecule has 0 spiro atoms. The first-order valence-corrected chi connectivity index (χ1v) is 6.37. The predicted octanol–water partition coefficient (Wildman–Crippen LogP) is 1.07. The molecule has 0 unspecified atom stereocenters. The number of hydrogen-bond acceptors (Lipinski definition) is 4. The van der Waals surface area contributed by atoms with Crippen LogP contribution >= 0.6 is 0 Å². The zero-order valence-electron chi connectivity index (χ0n) is 11.0. The van der Waals surface area contributed by atoms with Crippen LogP contribution in [-0.2, 0) is 0 Å². The van der Waals surface area contributed by atoms with Crippen molar-refractivity contribution in [1.29, 1.82) is 0 Å². The summed E-state index contributed by atoms with van der Waals surface area (Å²) >= 11 is 0. The summed E-state index contributed by atoms with van der Waals surface area (Å²) in [5.74, 6) is -0.254. The van der Waals surface area contributed by atoms with E-state index in [-0.39, 0.29) is 23.7 Å². The van der Waals surface area contributed by atoms with Crippen molar-refractivity contribution in [2.24, 2.45) is 0 Å². The van der Waals surface area contributed by atoms with Gasteiger partial charge >= 0.3 is 0 Å². The number of carbonyl (C=O) groups is 1. The maximum Gasteiger partial charge on any atom is 0.287 e. The van der Waals surface area contributed by atoms with Crippen LogP contribution < -0.4 is 10.6 Å². The highest BCUT2D eigenvalue weighted by Crippen LogP contribution is 2.20. The molecule has 2 N–H and O–H groups in total. The van der Waals surface area contributed by atoms with Crippen LogP contribution in [0, 0.1) is 10.1 Å². The van der Waals surface area contributed by atoms with Gasteiger partial charge in [-0.2, -0.15) is 0 Å². The second-order valence-electron chi connectivity index (χ2n) is 5.00. The number of hydrogen-bond donors (Lipinski definition) is 2. The van der Waals surface area contributed by atoms with Crippen LogP contribution in [0.5, 0.6) is 0 Å². The molecule has 1 aromatic rings. The standard InChI is InChI=1S/C12H18N4O3/c1-8(2)15-7-10(16(18)19)5-11(15)12(17)14-9-3-4-13-6-9/h5,7-9,13H,3-4,6H2,1-2H3,(H,14,17)/t9-/m0/s1. The highest BCUT2D eigenvalue weighted by molar-refractivity contribution is 5.93. The molecule has 1 saturated heterocycles. The molecule has 2 rings (SSSR count). The Bertz CT molecular complexity index is 489. The van der Waals surface area contributed by atoms with E-state index in [1.54, 1.807) is 4.57 Å². The van der Waals surface area contributed by atoms with E-state index in [0.29, 0.717) is 5.69 Å². The van der Waals surface area contributed by atoms with Crippen LogP contribution in [0.4, 0.5) is 5.69 Å². The van der Waals surface area contributed by atoms with Crippen LogP contribution in [-0.4, -0.2) is 34.5 Å². The lowest BCUT2D eigenvalue weighted by atomic mass is 10.2. The van der Waals surface area contributed by atoms with Crippen molar-refractivity contribution in [1.82, 2.24) is 15.2 Å². The van der Waals surface area contributed by atoms with Gasteiger partial charge in [0.25, 0.3) is 11.6 Å². The maximum absolute atomic E-state index is 12.2. The number of nitro groups is 1. The van der Waals surface area contributed by atoms with Gasteiger partial charge < -0.3 is 15.2 Å². The first-order chi connectivity index (χ1) is 8.99. The molecule has 1 aliphatic rings. The van der Waals surface area contributed by atoms with E-state index in [9.17, 15) is 14.9 Å². The minimum atomic E-state index is -0.479. The van der Waals surface area contributed by atoms with Crippen molar-refractivity contribution < 1.29 is 9.72 Å². The van der Waals surface area contributed by atoms with Gasteiger partial charge in [0.05, 0.1) is 11.1 Å². The summed E-state index contributed by atoms with van der Waals surface area (Å²) in [6.07, 6.45) is 2.29. The molecule has 0 aromatic carbocycles. The molecule has 19 heavy (non-hydrogen) atoms. The molecule has 0 bridgehead atoms. The van der Waals surface area contributed by atoms with Crippen LogP contribution in [0.2, 0.25) is 0 Å². The summed E-state index contributed by atoms with van der Waals surface area (Å²) in [4.78, 5) is 22.5. The van der Waals surface area contributed by atoms with E-state index < -0.39 is 4.92 Å². The fourth-order valence-corrected chi connectivity index (χ4v) is 2.21. The topological polar surface area (TPSA) is 89.2 Å². The smallest absolute Gasteiger partial charge is 0.287 e. The van der Waals surface area contributed by atoms with Crippen molar-refractivity contribution in [3.63, 3.8) is 0 Å². The van der Waals surface area contributed by atoms with Gasteiger partial charge in [-0.15, -0.1) is 0 Å². The van der Waals surface area contributed by atoms with Gasteiger partial charge in [-0.05, 0) is 26.8 Å². The van der Waals surface area contributed by atoms with E-state index in [0.717, 1.165) is 19.5 Å². The average molecular weight is 266 g/mol. The molecule has 1 amide bonds. The summed E-state index contributed by atoms with van der Waals surface area (Å²) in [7, 11) is 0. The molecular weight excluding hydrogens is 248 g/mol. The fraction of sp³-hybridized carbons (Fsp3) is 0.583. The van der Waals surface area contributed by atoms with E-state index in [4.69, 9.17) is 0 Å². The van der Waals surface area contributed by atoms with Crippen molar-refractivity contribution >= 4 is 11.6 Å². The van der Waals surface area contributed by atoms with Crippen LogP contribution in [0.15, 0.2) is 12.3 Å². The SMILES string of the molecule is CC(C)n1cc([N+](=O)[O-])cc1C(=O)N[C@H]1CCNC1. The lowest BCUT2D eigenvalue weighted by molar-refractivity contribution is -0.384. The Labute approximate surface area is 111 Å². The Hall–Kier alpha value is -1.89. The second kappa shape index (κ2) is 5.40. The summed E-state index contributed by atoms with van der Waals surface area (Å²) in [5.41, 5.74) is 0.289. The summed E-state index contributed by atoms with van der Waals surface area (Å²) < 4.78 is 1.63. The minimum Gasteiger partial charge on any atom is -0.347 e. The zero-order valence-corrected chi connectivity index (χ0v) is 11.0. The van der Waals surface area contributed by atoms with Crippen molar-refractivity contribution in [3.05, 3.63) is 28.1 Å². The fourth-order valence-electron chi connectivity index (χ4n) is 2.21. The molecule has 1 aromatic heterocycles. The molecule has 2 heterocycles. The van der Waals surface area contributed by atoms with E-state index in [2.05, 4.69) is 10.6 Å². The van der Waals surface area contributed by atoms with E-state index in [1.807, 2.05) is 13.8 Å². The molecular formula is C12H18N4O3. The highest BCUT2D eigenvalue weighted by atomic mass is 16.6. The zero-order chi connectivity index (χ0) is 14.0. The normalized spacial score (nSPS) is 18.8. The molecule has 0 radical (unpaired) electrons. The number of rotatable bonds is 4. The number of carbonyl (C=O) groups excluding carboxylic acids is 1.